The number of benzene rings is 1. The van der Waals surface area contributed by atoms with Gasteiger partial charge in [-0.15, -0.1) is 0 Å². The number of likely N-dealkylation sites (N-methyl/N-ethyl adjacent to an activating group) is 1. The molecular weight excluding hydrogens is 328 g/mol. The lowest BCUT2D eigenvalue weighted by Gasteiger charge is -2.19. The van der Waals surface area contributed by atoms with Crippen molar-refractivity contribution in [2.75, 3.05) is 14.1 Å². The number of hydrogen-bond donors (Lipinski definition) is 0. The number of aromatic nitrogens is 2. The van der Waals surface area contributed by atoms with Crippen molar-refractivity contribution in [3.05, 3.63) is 56.9 Å². The third-order valence-corrected chi connectivity index (χ3v) is 3.50. The fourth-order valence-electron chi connectivity index (χ4n) is 2.21. The molecule has 1 amide bonds. The summed E-state index contributed by atoms with van der Waals surface area (Å²) >= 11 is 0. The molecule has 0 unspecified atom stereocenters. The maximum absolute atomic E-state index is 12.2. The first-order chi connectivity index (χ1) is 11.7. The predicted molar refractivity (Wildman–Crippen MR) is 89.0 cm³/mol. The highest BCUT2D eigenvalue weighted by Crippen LogP contribution is 2.20. The Labute approximate surface area is 142 Å². The maximum Gasteiger partial charge on any atom is 0.269 e. The van der Waals surface area contributed by atoms with E-state index >= 15 is 0 Å². The van der Waals surface area contributed by atoms with Gasteiger partial charge in [-0.25, -0.2) is 4.68 Å². The van der Waals surface area contributed by atoms with Crippen LogP contribution >= 0.6 is 0 Å². The van der Waals surface area contributed by atoms with Crippen LogP contribution < -0.4 is 5.56 Å². The summed E-state index contributed by atoms with van der Waals surface area (Å²) in [6.07, 6.45) is 0. The van der Waals surface area contributed by atoms with E-state index in [9.17, 15) is 24.5 Å². The average molecular weight is 344 g/mol. The molecule has 0 aliphatic rings. The van der Waals surface area contributed by atoms with Gasteiger partial charge < -0.3 is 4.90 Å². The van der Waals surface area contributed by atoms with Crippen molar-refractivity contribution in [3.63, 3.8) is 0 Å². The lowest BCUT2D eigenvalue weighted by Crippen LogP contribution is -2.41. The molecule has 1 heterocycles. The number of nitrogens with zero attached hydrogens (tertiary/aromatic N) is 4. The molecule has 25 heavy (non-hydrogen) atoms. The van der Waals surface area contributed by atoms with Crippen LogP contribution in [0.5, 0.6) is 0 Å². The molecule has 0 fully saturated rings. The molecule has 0 saturated heterocycles. The summed E-state index contributed by atoms with van der Waals surface area (Å²) in [5.74, 6) is -1.09. The van der Waals surface area contributed by atoms with E-state index in [4.69, 9.17) is 0 Å². The van der Waals surface area contributed by atoms with Crippen LogP contribution in [0.25, 0.3) is 11.3 Å². The molecule has 0 spiro atoms. The van der Waals surface area contributed by atoms with Crippen LogP contribution in [0, 0.1) is 10.1 Å². The molecule has 1 aromatic heterocycles. The average Bonchev–Trinajstić information content (AvgIpc) is 2.56. The molecule has 0 radical (unpaired) electrons. The number of hydrogen-bond acceptors (Lipinski definition) is 6. The zero-order chi connectivity index (χ0) is 18.7. The number of amides is 1. The molecule has 0 aliphatic carbocycles. The van der Waals surface area contributed by atoms with Crippen molar-refractivity contribution in [2.24, 2.45) is 0 Å². The monoisotopic (exact) mass is 344 g/mol. The maximum atomic E-state index is 12.2. The van der Waals surface area contributed by atoms with Crippen LogP contribution in [-0.2, 0) is 9.59 Å². The summed E-state index contributed by atoms with van der Waals surface area (Å²) in [7, 11) is 2.95. The van der Waals surface area contributed by atoms with Crippen LogP contribution in [0.1, 0.15) is 13.0 Å². The second kappa shape index (κ2) is 7.04. The Morgan fingerprint density at radius 2 is 1.76 bits per heavy atom. The Hall–Kier alpha value is -3.36. The Bertz CT molecular complexity index is 886. The molecule has 1 atom stereocenters. The van der Waals surface area contributed by atoms with Crippen LogP contribution in [0.3, 0.4) is 0 Å². The zero-order valence-corrected chi connectivity index (χ0v) is 13.9. The number of ketones is 1. The van der Waals surface area contributed by atoms with Crippen molar-refractivity contribution in [1.29, 1.82) is 0 Å². The quantitative estimate of drug-likeness (QED) is 0.454. The molecule has 130 valence electrons. The highest BCUT2D eigenvalue weighted by Gasteiger charge is 2.29. The minimum Gasteiger partial charge on any atom is -0.347 e. The summed E-state index contributed by atoms with van der Waals surface area (Å²) in [5, 5.41) is 14.8. The van der Waals surface area contributed by atoms with Gasteiger partial charge in [0.25, 0.3) is 17.2 Å². The minimum atomic E-state index is -1.36. The van der Waals surface area contributed by atoms with Gasteiger partial charge in [-0.3, -0.25) is 24.5 Å². The van der Waals surface area contributed by atoms with Crippen LogP contribution in [0.2, 0.25) is 0 Å². The Morgan fingerprint density at radius 3 is 2.24 bits per heavy atom. The number of nitro groups is 1. The molecule has 0 saturated carbocycles. The largest absolute Gasteiger partial charge is 0.347 e. The van der Waals surface area contributed by atoms with Crippen molar-refractivity contribution in [2.45, 2.75) is 13.0 Å². The Balaban J connectivity index is 2.52. The summed E-state index contributed by atoms with van der Waals surface area (Å²) in [6.45, 7) is 1.21. The fourth-order valence-corrected chi connectivity index (χ4v) is 2.21. The number of carbonyl (C=O) groups excluding carboxylic acids is 2. The molecule has 2 aromatic rings. The van der Waals surface area contributed by atoms with Crippen molar-refractivity contribution in [1.82, 2.24) is 14.7 Å². The number of Topliss-reactive ketones (excluding diaryl/α,β-unsaturated/α-hetero) is 1. The first-order valence-corrected chi connectivity index (χ1v) is 7.28. The lowest BCUT2D eigenvalue weighted by atomic mass is 10.1. The summed E-state index contributed by atoms with van der Waals surface area (Å²) in [5.41, 5.74) is 0.147. The van der Waals surface area contributed by atoms with Gasteiger partial charge in [-0.1, -0.05) is 0 Å². The number of carbonyl (C=O) groups is 2. The summed E-state index contributed by atoms with van der Waals surface area (Å²) < 4.78 is 0.835. The van der Waals surface area contributed by atoms with Crippen LogP contribution in [0.4, 0.5) is 5.69 Å². The van der Waals surface area contributed by atoms with E-state index in [0.717, 1.165) is 4.68 Å². The lowest BCUT2D eigenvalue weighted by molar-refractivity contribution is -0.384. The molecule has 0 aliphatic heterocycles. The second-order valence-corrected chi connectivity index (χ2v) is 5.55. The van der Waals surface area contributed by atoms with E-state index in [2.05, 4.69) is 5.10 Å². The fraction of sp³-hybridized carbons (Fsp3) is 0.250. The van der Waals surface area contributed by atoms with Gasteiger partial charge in [0.05, 0.1) is 10.6 Å². The van der Waals surface area contributed by atoms with E-state index in [1.807, 2.05) is 0 Å². The normalized spacial score (nSPS) is 11.6. The van der Waals surface area contributed by atoms with E-state index in [-0.39, 0.29) is 5.69 Å². The van der Waals surface area contributed by atoms with E-state index in [0.29, 0.717) is 11.3 Å². The van der Waals surface area contributed by atoms with Gasteiger partial charge in [0, 0.05) is 37.9 Å². The van der Waals surface area contributed by atoms with Gasteiger partial charge in [-0.2, -0.15) is 5.10 Å². The SMILES string of the molecule is CC(=O)[C@H](C(=O)N(C)C)n1nc(-c2ccc([N+](=O)[O-])cc2)ccc1=O. The number of non-ortho nitro benzene ring substituents is 1. The van der Waals surface area contributed by atoms with Gasteiger partial charge in [0.15, 0.2) is 11.8 Å². The van der Waals surface area contributed by atoms with Crippen molar-refractivity contribution >= 4 is 17.4 Å². The molecule has 2 rings (SSSR count). The third kappa shape index (κ3) is 3.77. The summed E-state index contributed by atoms with van der Waals surface area (Å²) in [4.78, 5) is 47.6. The third-order valence-electron chi connectivity index (χ3n) is 3.50. The van der Waals surface area contributed by atoms with Crippen LogP contribution in [-0.4, -0.2) is 45.4 Å². The predicted octanol–water partition coefficient (Wildman–Crippen LogP) is 1.04. The Morgan fingerprint density at radius 1 is 1.16 bits per heavy atom. The van der Waals surface area contributed by atoms with E-state index in [1.54, 1.807) is 0 Å². The molecule has 0 bridgehead atoms. The van der Waals surface area contributed by atoms with Crippen molar-refractivity contribution in [3.8, 4) is 11.3 Å². The summed E-state index contributed by atoms with van der Waals surface area (Å²) in [6, 6.07) is 6.83. The van der Waals surface area contributed by atoms with Crippen LogP contribution in [0.15, 0.2) is 41.2 Å². The van der Waals surface area contributed by atoms with Crippen molar-refractivity contribution < 1.29 is 14.5 Å². The molecule has 9 heteroatoms. The second-order valence-electron chi connectivity index (χ2n) is 5.55. The minimum absolute atomic E-state index is 0.0820. The standard InChI is InChI=1S/C16H16N4O5/c1-10(21)15(16(23)18(2)3)19-14(22)9-8-13(17-19)11-4-6-12(7-5-11)20(24)25/h4-9,15H,1-3H3/t15-/m1/s1. The molecule has 1 aromatic carbocycles. The van der Waals surface area contributed by atoms with Gasteiger partial charge in [0.2, 0.25) is 0 Å². The van der Waals surface area contributed by atoms with Gasteiger partial charge >= 0.3 is 0 Å². The first-order valence-electron chi connectivity index (χ1n) is 7.28. The topological polar surface area (TPSA) is 115 Å². The molecule has 0 N–H and O–H groups in total. The zero-order valence-electron chi connectivity index (χ0n) is 13.9. The highest BCUT2D eigenvalue weighted by molar-refractivity contribution is 6.02. The van der Waals surface area contributed by atoms with E-state index in [1.165, 1.54) is 62.3 Å². The highest BCUT2D eigenvalue weighted by atomic mass is 16.6. The molecule has 9 nitrogen and oxygen atoms in total. The smallest absolute Gasteiger partial charge is 0.269 e. The number of nitro benzene ring substituents is 1. The Kier molecular flexibility index (Phi) is 5.06. The molecular formula is C16H16N4O5. The first kappa shape index (κ1) is 18.0. The van der Waals surface area contributed by atoms with Gasteiger partial charge in [-0.05, 0) is 25.1 Å². The van der Waals surface area contributed by atoms with E-state index < -0.39 is 28.2 Å². The van der Waals surface area contributed by atoms with Gasteiger partial charge in [0.1, 0.15) is 0 Å². The number of rotatable bonds is 5.